The minimum atomic E-state index is -0.337. The SMILES string of the molecule is C/C=C\NC(N)c1nc[nH]c1/N=C\C. The number of H-pyrrole nitrogens is 1. The van der Waals surface area contributed by atoms with Crippen molar-refractivity contribution in [3.8, 4) is 0 Å². The Labute approximate surface area is 83.1 Å². The molecule has 1 atom stereocenters. The Bertz CT molecular complexity index is 326. The molecule has 0 saturated heterocycles. The normalized spacial score (nSPS) is 13.9. The lowest BCUT2D eigenvalue weighted by Crippen LogP contribution is -2.24. The highest BCUT2D eigenvalue weighted by atomic mass is 15.1. The van der Waals surface area contributed by atoms with Crippen LogP contribution in [0.25, 0.3) is 0 Å². The Morgan fingerprint density at radius 3 is 3.07 bits per heavy atom. The second-order valence-electron chi connectivity index (χ2n) is 2.67. The Morgan fingerprint density at radius 2 is 2.43 bits per heavy atom. The van der Waals surface area contributed by atoms with Crippen molar-refractivity contribution in [2.24, 2.45) is 10.7 Å². The number of hydrogen-bond donors (Lipinski definition) is 3. The fraction of sp³-hybridized carbons (Fsp3) is 0.333. The lowest BCUT2D eigenvalue weighted by atomic mass is 10.3. The summed E-state index contributed by atoms with van der Waals surface area (Å²) in [5.74, 6) is 0.692. The Hall–Kier alpha value is -1.62. The lowest BCUT2D eigenvalue weighted by molar-refractivity contribution is 0.637. The highest BCUT2D eigenvalue weighted by Crippen LogP contribution is 2.17. The maximum absolute atomic E-state index is 5.84. The minimum absolute atomic E-state index is 0.337. The second-order valence-corrected chi connectivity index (χ2v) is 2.67. The van der Waals surface area contributed by atoms with E-state index in [-0.39, 0.29) is 6.17 Å². The fourth-order valence-corrected chi connectivity index (χ4v) is 1.04. The maximum atomic E-state index is 5.84. The summed E-state index contributed by atoms with van der Waals surface area (Å²) < 4.78 is 0. The Kier molecular flexibility index (Phi) is 3.87. The number of nitrogens with zero attached hydrogens (tertiary/aromatic N) is 2. The molecule has 0 aliphatic carbocycles. The first-order valence-corrected chi connectivity index (χ1v) is 4.44. The van der Waals surface area contributed by atoms with Gasteiger partial charge < -0.3 is 16.0 Å². The van der Waals surface area contributed by atoms with Gasteiger partial charge in [0.05, 0.1) is 6.33 Å². The van der Waals surface area contributed by atoms with Crippen LogP contribution in [0.5, 0.6) is 0 Å². The van der Waals surface area contributed by atoms with Gasteiger partial charge in [-0.1, -0.05) is 6.08 Å². The standard InChI is InChI=1S/C9H15N5/c1-3-5-12-8(10)7-9(11-4-2)14-6-13-7/h3-6,8,12H,10H2,1-2H3,(H,13,14)/b5-3-,11-4-. The number of aromatic nitrogens is 2. The van der Waals surface area contributed by atoms with E-state index >= 15 is 0 Å². The first kappa shape index (κ1) is 10.5. The van der Waals surface area contributed by atoms with Crippen molar-refractivity contribution in [2.75, 3.05) is 0 Å². The molecule has 0 spiro atoms. The summed E-state index contributed by atoms with van der Waals surface area (Å²) in [7, 11) is 0. The molecule has 0 radical (unpaired) electrons. The molecule has 0 amide bonds. The van der Waals surface area contributed by atoms with Gasteiger partial charge in [0.1, 0.15) is 11.9 Å². The van der Waals surface area contributed by atoms with E-state index in [1.54, 1.807) is 18.7 Å². The van der Waals surface area contributed by atoms with E-state index in [9.17, 15) is 0 Å². The molecule has 14 heavy (non-hydrogen) atoms. The number of nitrogens with one attached hydrogen (secondary N) is 2. The number of aliphatic imine (C=N–C) groups is 1. The molecule has 0 aliphatic heterocycles. The number of nitrogens with two attached hydrogens (primary N) is 1. The van der Waals surface area contributed by atoms with Crippen molar-refractivity contribution in [1.29, 1.82) is 0 Å². The molecular formula is C9H15N5. The van der Waals surface area contributed by atoms with Crippen LogP contribution in [0, 0.1) is 0 Å². The molecule has 0 fully saturated rings. The summed E-state index contributed by atoms with van der Waals surface area (Å²) >= 11 is 0. The highest BCUT2D eigenvalue weighted by Gasteiger charge is 2.11. The van der Waals surface area contributed by atoms with Crippen molar-refractivity contribution in [1.82, 2.24) is 15.3 Å². The third-order valence-corrected chi connectivity index (χ3v) is 1.64. The van der Waals surface area contributed by atoms with E-state index in [4.69, 9.17) is 5.73 Å². The molecule has 1 aromatic heterocycles. The van der Waals surface area contributed by atoms with Gasteiger partial charge in [0.15, 0.2) is 5.82 Å². The summed E-state index contributed by atoms with van der Waals surface area (Å²) in [4.78, 5) is 11.1. The first-order chi connectivity index (χ1) is 6.79. The second kappa shape index (κ2) is 5.18. The Balaban J connectivity index is 2.78. The smallest absolute Gasteiger partial charge is 0.156 e. The van der Waals surface area contributed by atoms with Gasteiger partial charge in [-0.3, -0.25) is 0 Å². The van der Waals surface area contributed by atoms with Crippen LogP contribution in [0.2, 0.25) is 0 Å². The van der Waals surface area contributed by atoms with Crippen LogP contribution in [-0.2, 0) is 0 Å². The molecule has 1 unspecified atom stereocenters. The summed E-state index contributed by atoms with van der Waals surface area (Å²) in [5, 5.41) is 2.97. The fourth-order valence-electron chi connectivity index (χ4n) is 1.04. The monoisotopic (exact) mass is 193 g/mol. The van der Waals surface area contributed by atoms with E-state index in [2.05, 4.69) is 20.3 Å². The molecule has 0 aliphatic rings. The largest absolute Gasteiger partial charge is 0.371 e. The molecule has 0 saturated carbocycles. The van der Waals surface area contributed by atoms with Crippen LogP contribution in [0.4, 0.5) is 5.82 Å². The van der Waals surface area contributed by atoms with Gasteiger partial charge in [0, 0.05) is 6.21 Å². The molecule has 76 valence electrons. The van der Waals surface area contributed by atoms with E-state index in [0.29, 0.717) is 11.5 Å². The average Bonchev–Trinajstić information content (AvgIpc) is 2.63. The zero-order valence-corrected chi connectivity index (χ0v) is 8.36. The number of aromatic amines is 1. The topological polar surface area (TPSA) is 79.1 Å². The molecule has 0 bridgehead atoms. The van der Waals surface area contributed by atoms with Crippen LogP contribution in [0.1, 0.15) is 25.7 Å². The van der Waals surface area contributed by atoms with Gasteiger partial charge in [-0.2, -0.15) is 0 Å². The third-order valence-electron chi connectivity index (χ3n) is 1.64. The molecule has 1 rings (SSSR count). The number of rotatable bonds is 4. The van der Waals surface area contributed by atoms with Gasteiger partial charge >= 0.3 is 0 Å². The van der Waals surface area contributed by atoms with Crippen molar-refractivity contribution < 1.29 is 0 Å². The third kappa shape index (κ3) is 2.43. The predicted molar refractivity (Wildman–Crippen MR) is 57.3 cm³/mol. The van der Waals surface area contributed by atoms with Gasteiger partial charge in [-0.25, -0.2) is 9.98 Å². The van der Waals surface area contributed by atoms with Crippen molar-refractivity contribution >= 4 is 12.0 Å². The molecular weight excluding hydrogens is 178 g/mol. The van der Waals surface area contributed by atoms with Gasteiger partial charge in [-0.05, 0) is 20.0 Å². The number of allylic oxidation sites excluding steroid dienone is 1. The zero-order valence-electron chi connectivity index (χ0n) is 8.36. The van der Waals surface area contributed by atoms with Crippen LogP contribution in [-0.4, -0.2) is 16.2 Å². The van der Waals surface area contributed by atoms with Crippen molar-refractivity contribution in [3.05, 3.63) is 24.3 Å². The molecule has 1 heterocycles. The predicted octanol–water partition coefficient (Wildman–Crippen LogP) is 1.21. The summed E-state index contributed by atoms with van der Waals surface area (Å²) in [6, 6.07) is 0. The molecule has 1 aromatic rings. The average molecular weight is 193 g/mol. The van der Waals surface area contributed by atoms with E-state index in [1.807, 2.05) is 19.9 Å². The minimum Gasteiger partial charge on any atom is -0.371 e. The molecule has 5 heteroatoms. The van der Waals surface area contributed by atoms with Crippen LogP contribution >= 0.6 is 0 Å². The maximum Gasteiger partial charge on any atom is 0.156 e. The van der Waals surface area contributed by atoms with E-state index < -0.39 is 0 Å². The first-order valence-electron chi connectivity index (χ1n) is 4.44. The molecule has 4 N–H and O–H groups in total. The van der Waals surface area contributed by atoms with E-state index in [0.717, 1.165) is 0 Å². The van der Waals surface area contributed by atoms with Crippen LogP contribution < -0.4 is 11.1 Å². The van der Waals surface area contributed by atoms with Crippen LogP contribution in [0.15, 0.2) is 23.6 Å². The van der Waals surface area contributed by atoms with Gasteiger partial charge in [0.25, 0.3) is 0 Å². The summed E-state index contributed by atoms with van der Waals surface area (Å²) in [5.41, 5.74) is 6.55. The van der Waals surface area contributed by atoms with E-state index in [1.165, 1.54) is 0 Å². The molecule has 5 nitrogen and oxygen atoms in total. The summed E-state index contributed by atoms with van der Waals surface area (Å²) in [6.07, 6.45) is 6.58. The summed E-state index contributed by atoms with van der Waals surface area (Å²) in [6.45, 7) is 3.75. The van der Waals surface area contributed by atoms with Gasteiger partial charge in [0.2, 0.25) is 0 Å². The quantitative estimate of drug-likeness (QED) is 0.496. The lowest BCUT2D eigenvalue weighted by Gasteiger charge is -2.09. The number of imidazole rings is 1. The van der Waals surface area contributed by atoms with Crippen LogP contribution in [0.3, 0.4) is 0 Å². The van der Waals surface area contributed by atoms with Gasteiger partial charge in [-0.15, -0.1) is 0 Å². The number of hydrogen-bond acceptors (Lipinski definition) is 4. The highest BCUT2D eigenvalue weighted by molar-refractivity contribution is 5.59. The van der Waals surface area contributed by atoms with Crippen molar-refractivity contribution in [2.45, 2.75) is 20.0 Å². The van der Waals surface area contributed by atoms with Crippen molar-refractivity contribution in [3.63, 3.8) is 0 Å². The Morgan fingerprint density at radius 1 is 1.64 bits per heavy atom. The molecule has 0 aromatic carbocycles. The zero-order chi connectivity index (χ0) is 10.4.